The van der Waals surface area contributed by atoms with Crippen LogP contribution in [0.2, 0.25) is 0 Å². The molecule has 4 unspecified atom stereocenters. The number of allylic oxidation sites excluding steroid dienone is 4. The molecular formula is C29H32. The van der Waals surface area contributed by atoms with E-state index in [4.69, 9.17) is 0 Å². The maximum atomic E-state index is 4.46. The van der Waals surface area contributed by atoms with Gasteiger partial charge in [0.25, 0.3) is 0 Å². The van der Waals surface area contributed by atoms with Gasteiger partial charge in [0.15, 0.2) is 0 Å². The van der Waals surface area contributed by atoms with E-state index in [1.165, 1.54) is 22.3 Å². The second-order valence-electron chi connectivity index (χ2n) is 8.73. The van der Waals surface area contributed by atoms with Crippen molar-refractivity contribution in [1.82, 2.24) is 0 Å². The third kappa shape index (κ3) is 2.65. The first kappa shape index (κ1) is 19.7. The van der Waals surface area contributed by atoms with E-state index in [0.29, 0.717) is 11.8 Å². The van der Waals surface area contributed by atoms with Crippen molar-refractivity contribution in [1.29, 1.82) is 0 Å². The summed E-state index contributed by atoms with van der Waals surface area (Å²) in [5.74, 6) is 0.976. The van der Waals surface area contributed by atoms with E-state index in [2.05, 4.69) is 99.2 Å². The van der Waals surface area contributed by atoms with Crippen molar-refractivity contribution in [3.63, 3.8) is 0 Å². The summed E-state index contributed by atoms with van der Waals surface area (Å²) < 4.78 is 0. The predicted octanol–water partition coefficient (Wildman–Crippen LogP) is 7.44. The molecule has 0 aromatic heterocycles. The van der Waals surface area contributed by atoms with Gasteiger partial charge in [-0.15, -0.1) is 26.3 Å². The van der Waals surface area contributed by atoms with E-state index in [9.17, 15) is 0 Å². The molecular weight excluding hydrogens is 348 g/mol. The highest BCUT2D eigenvalue weighted by atomic mass is 14.6. The van der Waals surface area contributed by atoms with Gasteiger partial charge in [-0.1, -0.05) is 72.8 Å². The lowest BCUT2D eigenvalue weighted by atomic mass is 9.52. The van der Waals surface area contributed by atoms with Crippen molar-refractivity contribution < 1.29 is 0 Å². The second kappa shape index (κ2) is 7.67. The average Bonchev–Trinajstić information content (AvgIpc) is 3.24. The van der Waals surface area contributed by atoms with Crippen molar-refractivity contribution in [2.24, 2.45) is 5.92 Å². The zero-order chi connectivity index (χ0) is 20.5. The fraction of sp³-hybridized carbons (Fsp3) is 0.310. The average molecular weight is 381 g/mol. The van der Waals surface area contributed by atoms with Crippen molar-refractivity contribution in [2.45, 2.75) is 48.9 Å². The maximum absolute atomic E-state index is 4.46. The highest BCUT2D eigenvalue weighted by molar-refractivity contribution is 5.56. The molecule has 2 aromatic carbocycles. The van der Waals surface area contributed by atoms with Crippen LogP contribution in [0, 0.1) is 5.92 Å². The molecule has 0 amide bonds. The van der Waals surface area contributed by atoms with Gasteiger partial charge in [-0.25, -0.2) is 0 Å². The first-order valence-electron chi connectivity index (χ1n) is 10.8. The van der Waals surface area contributed by atoms with Crippen LogP contribution in [0.15, 0.2) is 99.2 Å². The molecule has 0 aliphatic heterocycles. The van der Waals surface area contributed by atoms with Gasteiger partial charge < -0.3 is 0 Å². The summed E-state index contributed by atoms with van der Waals surface area (Å²) in [6.07, 6.45) is 13.7. The Morgan fingerprint density at radius 1 is 0.828 bits per heavy atom. The quantitative estimate of drug-likeness (QED) is 0.418. The molecule has 0 saturated heterocycles. The van der Waals surface area contributed by atoms with Crippen LogP contribution in [0.25, 0.3) is 0 Å². The summed E-state index contributed by atoms with van der Waals surface area (Å²) in [5.41, 5.74) is 5.72. The fourth-order valence-electron chi connectivity index (χ4n) is 6.65. The highest BCUT2D eigenvalue weighted by Crippen LogP contribution is 2.65. The molecule has 0 heterocycles. The number of rotatable bonds is 8. The van der Waals surface area contributed by atoms with Gasteiger partial charge in [0.1, 0.15) is 0 Å². The van der Waals surface area contributed by atoms with Crippen LogP contribution in [0.5, 0.6) is 0 Å². The second-order valence-corrected chi connectivity index (χ2v) is 8.73. The molecule has 4 atom stereocenters. The van der Waals surface area contributed by atoms with Gasteiger partial charge in [-0.2, -0.15) is 0 Å². The van der Waals surface area contributed by atoms with Crippen molar-refractivity contribution >= 4 is 0 Å². The molecule has 29 heavy (non-hydrogen) atoms. The minimum Gasteiger partial charge on any atom is -0.103 e. The molecule has 0 saturated carbocycles. The van der Waals surface area contributed by atoms with E-state index in [-0.39, 0.29) is 10.8 Å². The van der Waals surface area contributed by atoms with Crippen LogP contribution in [-0.4, -0.2) is 0 Å². The fourth-order valence-corrected chi connectivity index (χ4v) is 6.65. The minimum absolute atomic E-state index is 0.0483. The molecule has 0 spiro atoms. The van der Waals surface area contributed by atoms with Gasteiger partial charge in [0, 0.05) is 10.8 Å². The van der Waals surface area contributed by atoms with E-state index >= 15 is 0 Å². The lowest BCUT2D eigenvalue weighted by molar-refractivity contribution is 0.177. The standard InChI is InChI=1S/C29H32/c1-5-13-23-21-28(8-4,27-18-12-10-16-25(23)27)29(19-7-3)24(14-6-2)20-22-15-9-11-17-26(22)29/h5-12,15-18,23-24H,1-4,13-14,19-21H2. The molecule has 0 N–H and O–H groups in total. The first-order valence-corrected chi connectivity index (χ1v) is 10.8. The Labute approximate surface area is 176 Å². The largest absolute Gasteiger partial charge is 0.103 e. The van der Waals surface area contributed by atoms with Crippen molar-refractivity contribution in [3.05, 3.63) is 121 Å². The van der Waals surface area contributed by atoms with Gasteiger partial charge in [0.2, 0.25) is 0 Å². The molecule has 0 bridgehead atoms. The van der Waals surface area contributed by atoms with E-state index < -0.39 is 0 Å². The molecule has 4 rings (SSSR count). The number of fused-ring (bicyclic) bond motifs is 2. The van der Waals surface area contributed by atoms with E-state index in [1.807, 2.05) is 0 Å². The summed E-state index contributed by atoms with van der Waals surface area (Å²) in [4.78, 5) is 0. The summed E-state index contributed by atoms with van der Waals surface area (Å²) >= 11 is 0. The Balaban J connectivity index is 2.03. The van der Waals surface area contributed by atoms with Gasteiger partial charge in [0.05, 0.1) is 0 Å². The van der Waals surface area contributed by atoms with Crippen LogP contribution in [0.1, 0.15) is 53.9 Å². The highest BCUT2D eigenvalue weighted by Gasteiger charge is 2.61. The lowest BCUT2D eigenvalue weighted by Crippen LogP contribution is -2.50. The molecule has 2 aromatic rings. The van der Waals surface area contributed by atoms with Crippen LogP contribution < -0.4 is 0 Å². The smallest absolute Gasteiger partial charge is 0.0241 e. The van der Waals surface area contributed by atoms with Gasteiger partial charge in [-0.05, 0) is 66.2 Å². The van der Waals surface area contributed by atoms with Crippen LogP contribution in [0.3, 0.4) is 0 Å². The van der Waals surface area contributed by atoms with Gasteiger partial charge >= 0.3 is 0 Å². The lowest BCUT2D eigenvalue weighted by Gasteiger charge is -2.50. The van der Waals surface area contributed by atoms with Gasteiger partial charge in [-0.3, -0.25) is 0 Å². The molecule has 2 aliphatic carbocycles. The van der Waals surface area contributed by atoms with Crippen LogP contribution >= 0.6 is 0 Å². The Kier molecular flexibility index (Phi) is 5.21. The minimum atomic E-state index is -0.119. The summed E-state index contributed by atoms with van der Waals surface area (Å²) in [5, 5.41) is 0. The molecule has 0 fully saturated rings. The summed E-state index contributed by atoms with van der Waals surface area (Å²) in [7, 11) is 0. The number of hydrogen-bond donors (Lipinski definition) is 0. The Morgan fingerprint density at radius 2 is 1.52 bits per heavy atom. The molecule has 2 aliphatic rings. The van der Waals surface area contributed by atoms with E-state index in [0.717, 1.165) is 32.1 Å². The first-order chi connectivity index (χ1) is 14.2. The number of hydrogen-bond acceptors (Lipinski definition) is 0. The Bertz CT molecular complexity index is 948. The third-order valence-corrected chi connectivity index (χ3v) is 7.62. The van der Waals surface area contributed by atoms with Crippen LogP contribution in [-0.2, 0) is 17.3 Å². The Hall–Kier alpha value is -2.60. The van der Waals surface area contributed by atoms with Crippen molar-refractivity contribution in [2.75, 3.05) is 0 Å². The number of benzene rings is 2. The summed E-state index contributed by atoms with van der Waals surface area (Å²) in [6, 6.07) is 18.1. The SMILES string of the molecule is C=CCC1CC(C=C)(C2(CC=C)c3ccccc3CC2CC=C)c2ccccc21. The molecule has 0 nitrogen and oxygen atoms in total. The molecule has 148 valence electrons. The summed E-state index contributed by atoms with van der Waals surface area (Å²) in [6.45, 7) is 16.8. The Morgan fingerprint density at radius 3 is 2.21 bits per heavy atom. The maximum Gasteiger partial charge on any atom is 0.0241 e. The molecule has 0 radical (unpaired) electrons. The monoisotopic (exact) mass is 380 g/mol. The normalized spacial score (nSPS) is 29.7. The van der Waals surface area contributed by atoms with E-state index in [1.54, 1.807) is 0 Å². The zero-order valence-corrected chi connectivity index (χ0v) is 17.4. The van der Waals surface area contributed by atoms with Crippen LogP contribution in [0.4, 0.5) is 0 Å². The zero-order valence-electron chi connectivity index (χ0n) is 17.4. The van der Waals surface area contributed by atoms with Crippen molar-refractivity contribution in [3.8, 4) is 0 Å². The topological polar surface area (TPSA) is 0 Å². The third-order valence-electron chi connectivity index (χ3n) is 7.62. The predicted molar refractivity (Wildman–Crippen MR) is 125 cm³/mol. The molecule has 0 heteroatoms.